The number of halogens is 2. The van der Waals surface area contributed by atoms with Crippen molar-refractivity contribution in [3.8, 4) is 16.2 Å². The molecular weight excluding hydrogens is 400 g/mol. The molecule has 1 N–H and O–H groups in total. The number of alkyl halides is 2. The predicted octanol–water partition coefficient (Wildman–Crippen LogP) is 4.68. The van der Waals surface area contributed by atoms with Gasteiger partial charge in [0.25, 0.3) is 0 Å². The highest BCUT2D eigenvalue weighted by Gasteiger charge is 2.30. The molecule has 150 valence electrons. The molecule has 1 aliphatic heterocycles. The van der Waals surface area contributed by atoms with E-state index in [0.29, 0.717) is 29.4 Å². The van der Waals surface area contributed by atoms with E-state index in [0.717, 1.165) is 10.4 Å². The molecule has 9 heteroatoms. The summed E-state index contributed by atoms with van der Waals surface area (Å²) in [7, 11) is 0. The number of rotatable bonds is 5. The Kier molecular flexibility index (Phi) is 5.14. The van der Waals surface area contributed by atoms with Crippen LogP contribution in [0.3, 0.4) is 0 Å². The van der Waals surface area contributed by atoms with E-state index in [1.54, 1.807) is 35.0 Å². The number of fused-ring (bicyclic) bond motifs is 1. The Labute approximate surface area is 169 Å². The van der Waals surface area contributed by atoms with Crippen LogP contribution in [-0.4, -0.2) is 27.9 Å². The van der Waals surface area contributed by atoms with Crippen molar-refractivity contribution in [2.24, 2.45) is 0 Å². The molecule has 0 radical (unpaired) electrons. The lowest BCUT2D eigenvalue weighted by Gasteiger charge is -2.24. The van der Waals surface area contributed by atoms with Crippen LogP contribution in [0.15, 0.2) is 42.6 Å². The van der Waals surface area contributed by atoms with Gasteiger partial charge in [-0.3, -0.25) is 9.59 Å². The molecular formula is C20H17F2N3O3S. The Bertz CT molecular complexity index is 1060. The van der Waals surface area contributed by atoms with Crippen molar-refractivity contribution in [3.63, 3.8) is 0 Å². The van der Waals surface area contributed by atoms with Gasteiger partial charge in [-0.2, -0.15) is 8.78 Å². The molecule has 0 saturated heterocycles. The summed E-state index contributed by atoms with van der Waals surface area (Å²) < 4.78 is 30.6. The SMILES string of the molecule is Cc1nc(NC(=O)C2CCC(=O)c3cccn32)sc1-c1ccc(OC(F)F)cc1. The number of nitrogens with zero attached hydrogens (tertiary/aromatic N) is 2. The molecule has 3 heterocycles. The number of aromatic nitrogens is 2. The van der Waals surface area contributed by atoms with Crippen LogP contribution >= 0.6 is 11.3 Å². The number of amides is 1. The summed E-state index contributed by atoms with van der Waals surface area (Å²) in [5, 5.41) is 3.28. The Morgan fingerprint density at radius 1 is 1.31 bits per heavy atom. The number of carbonyl (C=O) groups is 2. The van der Waals surface area contributed by atoms with Gasteiger partial charge in [-0.05, 0) is 55.3 Å². The van der Waals surface area contributed by atoms with Gasteiger partial charge in [0.15, 0.2) is 10.9 Å². The summed E-state index contributed by atoms with van der Waals surface area (Å²) in [5.41, 5.74) is 2.05. The first-order chi connectivity index (χ1) is 13.9. The van der Waals surface area contributed by atoms with Crippen LogP contribution in [0.5, 0.6) is 5.75 Å². The zero-order valence-electron chi connectivity index (χ0n) is 15.4. The predicted molar refractivity (Wildman–Crippen MR) is 105 cm³/mol. The van der Waals surface area contributed by atoms with Crippen molar-refractivity contribution in [2.45, 2.75) is 32.4 Å². The van der Waals surface area contributed by atoms with Gasteiger partial charge in [0.2, 0.25) is 5.91 Å². The minimum absolute atomic E-state index is 0.0331. The number of hydrogen-bond acceptors (Lipinski definition) is 5. The van der Waals surface area contributed by atoms with Gasteiger partial charge in [-0.15, -0.1) is 0 Å². The van der Waals surface area contributed by atoms with E-state index >= 15 is 0 Å². The summed E-state index contributed by atoms with van der Waals surface area (Å²) in [5.74, 6) is -0.115. The maximum absolute atomic E-state index is 12.8. The molecule has 0 fully saturated rings. The maximum Gasteiger partial charge on any atom is 0.387 e. The zero-order valence-corrected chi connectivity index (χ0v) is 16.2. The number of thiazole rings is 1. The van der Waals surface area contributed by atoms with Gasteiger partial charge in [0, 0.05) is 12.6 Å². The summed E-state index contributed by atoms with van der Waals surface area (Å²) >= 11 is 1.30. The third kappa shape index (κ3) is 3.91. The summed E-state index contributed by atoms with van der Waals surface area (Å²) in [6, 6.07) is 9.28. The number of nitrogens with one attached hydrogen (secondary N) is 1. The van der Waals surface area contributed by atoms with Crippen LogP contribution in [-0.2, 0) is 4.79 Å². The smallest absolute Gasteiger partial charge is 0.387 e. The molecule has 2 aromatic heterocycles. The lowest BCUT2D eigenvalue weighted by atomic mass is 10.0. The van der Waals surface area contributed by atoms with Crippen molar-refractivity contribution in [1.82, 2.24) is 9.55 Å². The molecule has 1 amide bonds. The van der Waals surface area contributed by atoms with Crippen LogP contribution in [0.1, 0.15) is 35.1 Å². The second kappa shape index (κ2) is 7.75. The highest BCUT2D eigenvalue weighted by Crippen LogP contribution is 2.35. The summed E-state index contributed by atoms with van der Waals surface area (Å²) in [6.45, 7) is -1.06. The standard InChI is InChI=1S/C20H17F2N3O3S/c1-11-17(12-4-6-13(7-5-12)28-19(21)22)29-20(23-11)24-18(27)15-8-9-16(26)14-3-2-10-25(14)15/h2-7,10,15,19H,8-9H2,1H3,(H,23,24,27). The maximum atomic E-state index is 12.8. The van der Waals surface area contributed by atoms with E-state index in [2.05, 4.69) is 15.0 Å². The van der Waals surface area contributed by atoms with Crippen molar-refractivity contribution in [1.29, 1.82) is 0 Å². The molecule has 0 saturated carbocycles. The Hall–Kier alpha value is -3.07. The van der Waals surface area contributed by atoms with Gasteiger partial charge in [-0.25, -0.2) is 4.98 Å². The third-order valence-corrected chi connectivity index (χ3v) is 5.84. The molecule has 0 spiro atoms. The van der Waals surface area contributed by atoms with E-state index in [1.807, 2.05) is 6.92 Å². The fourth-order valence-electron chi connectivity index (χ4n) is 3.39. The van der Waals surface area contributed by atoms with Crippen molar-refractivity contribution >= 4 is 28.2 Å². The van der Waals surface area contributed by atoms with Crippen LogP contribution in [0, 0.1) is 6.92 Å². The van der Waals surface area contributed by atoms with E-state index in [9.17, 15) is 18.4 Å². The second-order valence-electron chi connectivity index (χ2n) is 6.60. The van der Waals surface area contributed by atoms with Crippen LogP contribution in [0.2, 0.25) is 0 Å². The van der Waals surface area contributed by atoms with E-state index in [-0.39, 0.29) is 17.4 Å². The molecule has 0 bridgehead atoms. The average molecular weight is 417 g/mol. The Balaban J connectivity index is 1.51. The van der Waals surface area contributed by atoms with Crippen LogP contribution in [0.4, 0.5) is 13.9 Å². The number of anilines is 1. The number of ether oxygens (including phenoxy) is 1. The fourth-order valence-corrected chi connectivity index (χ4v) is 4.36. The fraction of sp³-hybridized carbons (Fsp3) is 0.250. The van der Waals surface area contributed by atoms with Crippen LogP contribution < -0.4 is 10.1 Å². The molecule has 6 nitrogen and oxygen atoms in total. The Morgan fingerprint density at radius 3 is 2.79 bits per heavy atom. The zero-order chi connectivity index (χ0) is 20.5. The number of ketones is 1. The van der Waals surface area contributed by atoms with E-state index in [1.165, 1.54) is 23.5 Å². The Morgan fingerprint density at radius 2 is 2.07 bits per heavy atom. The van der Waals surface area contributed by atoms with Crippen molar-refractivity contribution < 1.29 is 23.1 Å². The van der Waals surface area contributed by atoms with Gasteiger partial charge in [0.05, 0.1) is 16.3 Å². The number of aryl methyl sites for hydroxylation is 1. The highest BCUT2D eigenvalue weighted by atomic mass is 32.1. The second-order valence-corrected chi connectivity index (χ2v) is 7.60. The molecule has 1 aromatic carbocycles. The quantitative estimate of drug-likeness (QED) is 0.654. The molecule has 29 heavy (non-hydrogen) atoms. The number of hydrogen-bond donors (Lipinski definition) is 1. The molecule has 0 aliphatic carbocycles. The lowest BCUT2D eigenvalue weighted by Crippen LogP contribution is -2.31. The highest BCUT2D eigenvalue weighted by molar-refractivity contribution is 7.19. The van der Waals surface area contributed by atoms with Gasteiger partial charge in [-0.1, -0.05) is 11.3 Å². The van der Waals surface area contributed by atoms with E-state index in [4.69, 9.17) is 0 Å². The van der Waals surface area contributed by atoms with Gasteiger partial charge >= 0.3 is 6.61 Å². The molecule has 3 aromatic rings. The first-order valence-electron chi connectivity index (χ1n) is 8.96. The largest absolute Gasteiger partial charge is 0.435 e. The van der Waals surface area contributed by atoms with E-state index < -0.39 is 12.7 Å². The third-order valence-electron chi connectivity index (χ3n) is 4.72. The van der Waals surface area contributed by atoms with Crippen molar-refractivity contribution in [2.75, 3.05) is 5.32 Å². The first-order valence-corrected chi connectivity index (χ1v) is 9.77. The molecule has 1 aliphatic rings. The topological polar surface area (TPSA) is 73.2 Å². The van der Waals surface area contributed by atoms with Crippen molar-refractivity contribution in [3.05, 3.63) is 54.0 Å². The summed E-state index contributed by atoms with van der Waals surface area (Å²) in [4.78, 5) is 30.0. The molecule has 4 rings (SSSR count). The average Bonchev–Trinajstić information content (AvgIpc) is 3.30. The summed E-state index contributed by atoms with van der Waals surface area (Å²) in [6.07, 6.45) is 2.50. The van der Waals surface area contributed by atoms with Gasteiger partial charge in [0.1, 0.15) is 11.8 Å². The number of carbonyl (C=O) groups excluding carboxylic acids is 2. The minimum Gasteiger partial charge on any atom is -0.435 e. The molecule has 1 atom stereocenters. The molecule has 1 unspecified atom stereocenters. The van der Waals surface area contributed by atoms with Gasteiger partial charge < -0.3 is 14.6 Å². The number of benzene rings is 1. The normalized spacial score (nSPS) is 16.0. The lowest BCUT2D eigenvalue weighted by molar-refractivity contribution is -0.119. The monoisotopic (exact) mass is 417 g/mol. The first kappa shape index (κ1) is 19.3. The van der Waals surface area contributed by atoms with Crippen LogP contribution in [0.25, 0.3) is 10.4 Å². The number of Topliss-reactive ketones (excluding diaryl/α,β-unsaturated/α-hetero) is 1. The minimum atomic E-state index is -2.87.